The summed E-state index contributed by atoms with van der Waals surface area (Å²) in [7, 11) is -2.77. The molecule has 0 fully saturated rings. The molecule has 0 bridgehead atoms. The number of carbonyl (C=O) groups excluding carboxylic acids is 1. The lowest BCUT2D eigenvalue weighted by Gasteiger charge is -2.23. The van der Waals surface area contributed by atoms with E-state index in [1.807, 2.05) is 30.3 Å². The number of rotatable bonds is 8. The zero-order valence-corrected chi connectivity index (χ0v) is 17.2. The number of esters is 1. The molecule has 0 aliphatic carbocycles. The maximum Gasteiger partial charge on any atom is 0.339 e. The fourth-order valence-electron chi connectivity index (χ4n) is 2.47. The van der Waals surface area contributed by atoms with Crippen LogP contribution in [0.15, 0.2) is 53.4 Å². The first-order valence-electron chi connectivity index (χ1n) is 8.02. The molecule has 0 amide bonds. The molecule has 0 spiro atoms. The second-order valence-corrected chi connectivity index (χ2v) is 7.94. The Kier molecular flexibility index (Phi) is 9.21. The van der Waals surface area contributed by atoms with Crippen LogP contribution >= 0.6 is 24.0 Å². The summed E-state index contributed by atoms with van der Waals surface area (Å²) in [6.07, 6.45) is 0.493. The third-order valence-electron chi connectivity index (χ3n) is 3.78. The highest BCUT2D eigenvalue weighted by atomic mass is 35.5. The van der Waals surface area contributed by atoms with Gasteiger partial charge in [-0.25, -0.2) is 13.2 Å². The number of nitrogens with two attached hydrogens (primary N) is 1. The number of nitrogens with zero attached hydrogens (tertiary/aromatic N) is 1. The first kappa shape index (κ1) is 23.4. The molecular weight excluding hydrogens is 411 g/mol. The third kappa shape index (κ3) is 5.92. The molecule has 0 aliphatic heterocycles. The lowest BCUT2D eigenvalue weighted by atomic mass is 10.2. The van der Waals surface area contributed by atoms with Gasteiger partial charge in [0.2, 0.25) is 10.0 Å². The first-order valence-corrected chi connectivity index (χ1v) is 9.84. The van der Waals surface area contributed by atoms with Gasteiger partial charge < -0.3 is 10.5 Å². The Bertz CT molecular complexity index is 861. The number of hydrogen-bond acceptors (Lipinski definition) is 5. The Hall–Kier alpha value is -1.64. The SMILES string of the molecule is COC(=O)c1cc(Cl)ccc1S(=O)(=O)N(CCCN)Cc1ccccc1.Cl. The van der Waals surface area contributed by atoms with Crippen LogP contribution in [-0.2, 0) is 21.3 Å². The van der Waals surface area contributed by atoms with Gasteiger partial charge in [-0.3, -0.25) is 0 Å². The van der Waals surface area contributed by atoms with Crippen molar-refractivity contribution in [2.24, 2.45) is 5.73 Å². The van der Waals surface area contributed by atoms with Gasteiger partial charge in [0.05, 0.1) is 17.6 Å². The Morgan fingerprint density at radius 3 is 2.44 bits per heavy atom. The molecule has 0 aromatic heterocycles. The second kappa shape index (κ2) is 10.6. The largest absolute Gasteiger partial charge is 0.465 e. The van der Waals surface area contributed by atoms with Crippen molar-refractivity contribution in [2.45, 2.75) is 17.9 Å². The highest BCUT2D eigenvalue weighted by Crippen LogP contribution is 2.26. The molecule has 0 radical (unpaired) electrons. The van der Waals surface area contributed by atoms with Crippen molar-refractivity contribution < 1.29 is 17.9 Å². The molecule has 9 heteroatoms. The van der Waals surface area contributed by atoms with Gasteiger partial charge in [0, 0.05) is 18.1 Å². The predicted molar refractivity (Wildman–Crippen MR) is 108 cm³/mol. The minimum atomic E-state index is -3.96. The average Bonchev–Trinajstić information content (AvgIpc) is 2.64. The molecule has 2 aromatic carbocycles. The molecule has 2 rings (SSSR count). The van der Waals surface area contributed by atoms with E-state index in [2.05, 4.69) is 0 Å². The van der Waals surface area contributed by atoms with Crippen LogP contribution in [0.3, 0.4) is 0 Å². The van der Waals surface area contributed by atoms with Gasteiger partial charge in [-0.15, -0.1) is 12.4 Å². The number of methoxy groups -OCH3 is 1. The monoisotopic (exact) mass is 432 g/mol. The molecule has 0 atom stereocenters. The normalized spacial score (nSPS) is 11.1. The molecule has 27 heavy (non-hydrogen) atoms. The van der Waals surface area contributed by atoms with E-state index in [-0.39, 0.29) is 41.0 Å². The zero-order valence-electron chi connectivity index (χ0n) is 14.8. The van der Waals surface area contributed by atoms with Gasteiger partial charge in [0.15, 0.2) is 0 Å². The highest BCUT2D eigenvalue weighted by Gasteiger charge is 2.29. The standard InChI is InChI=1S/C18H21ClN2O4S.ClH/c1-25-18(22)16-12-15(19)8-9-17(16)26(23,24)21(11-5-10-20)13-14-6-3-2-4-7-14;/h2-4,6-9,12H,5,10-11,13,20H2,1H3;1H. The van der Waals surface area contributed by atoms with Gasteiger partial charge in [-0.05, 0) is 36.7 Å². The molecule has 0 saturated carbocycles. The summed E-state index contributed by atoms with van der Waals surface area (Å²) in [6.45, 7) is 0.759. The van der Waals surface area contributed by atoms with Crippen molar-refractivity contribution in [3.8, 4) is 0 Å². The molecule has 2 N–H and O–H groups in total. The number of sulfonamides is 1. The van der Waals surface area contributed by atoms with Crippen molar-refractivity contribution in [1.82, 2.24) is 4.31 Å². The molecule has 0 aliphatic rings. The molecule has 0 unspecified atom stereocenters. The molecule has 148 valence electrons. The lowest BCUT2D eigenvalue weighted by molar-refractivity contribution is 0.0596. The van der Waals surface area contributed by atoms with E-state index in [1.54, 1.807) is 0 Å². The highest BCUT2D eigenvalue weighted by molar-refractivity contribution is 7.89. The van der Waals surface area contributed by atoms with Crippen LogP contribution in [0, 0.1) is 0 Å². The first-order chi connectivity index (χ1) is 12.4. The summed E-state index contributed by atoms with van der Waals surface area (Å²) in [4.78, 5) is 11.9. The predicted octanol–water partition coefficient (Wildman–Crippen LogP) is 3.09. The Morgan fingerprint density at radius 1 is 1.19 bits per heavy atom. The van der Waals surface area contributed by atoms with Crippen LogP contribution < -0.4 is 5.73 Å². The van der Waals surface area contributed by atoms with Gasteiger partial charge in [0.25, 0.3) is 0 Å². The summed E-state index contributed by atoms with van der Waals surface area (Å²) < 4.78 is 32.5. The average molecular weight is 433 g/mol. The van der Waals surface area contributed by atoms with E-state index in [9.17, 15) is 13.2 Å². The zero-order chi connectivity index (χ0) is 19.2. The van der Waals surface area contributed by atoms with Crippen LogP contribution in [0.1, 0.15) is 22.3 Å². The van der Waals surface area contributed by atoms with Crippen LogP contribution in [0.25, 0.3) is 0 Å². The quantitative estimate of drug-likeness (QED) is 0.647. The maximum absolute atomic E-state index is 13.2. The topological polar surface area (TPSA) is 89.7 Å². The molecular formula is C18H22Cl2N2O4S. The molecule has 0 saturated heterocycles. The smallest absolute Gasteiger partial charge is 0.339 e. The summed E-state index contributed by atoms with van der Waals surface area (Å²) in [5.41, 5.74) is 6.30. The van der Waals surface area contributed by atoms with E-state index >= 15 is 0 Å². The van der Waals surface area contributed by atoms with E-state index in [1.165, 1.54) is 29.6 Å². The molecule has 6 nitrogen and oxygen atoms in total. The van der Waals surface area contributed by atoms with Crippen molar-refractivity contribution >= 4 is 40.0 Å². The van der Waals surface area contributed by atoms with E-state index < -0.39 is 16.0 Å². The summed E-state index contributed by atoms with van der Waals surface area (Å²) in [5.74, 6) is -0.760. The van der Waals surface area contributed by atoms with Crippen LogP contribution in [0.4, 0.5) is 0 Å². The van der Waals surface area contributed by atoms with Crippen LogP contribution in [0.5, 0.6) is 0 Å². The van der Waals surface area contributed by atoms with E-state index in [0.717, 1.165) is 5.56 Å². The molecule has 0 heterocycles. The van der Waals surface area contributed by atoms with Crippen molar-refractivity contribution in [1.29, 1.82) is 0 Å². The Labute approximate surface area is 170 Å². The van der Waals surface area contributed by atoms with Crippen LogP contribution in [0.2, 0.25) is 5.02 Å². The van der Waals surface area contributed by atoms with Gasteiger partial charge in [0.1, 0.15) is 0 Å². The van der Waals surface area contributed by atoms with E-state index in [0.29, 0.717) is 13.0 Å². The number of hydrogen-bond donors (Lipinski definition) is 1. The lowest BCUT2D eigenvalue weighted by Crippen LogP contribution is -2.33. The second-order valence-electron chi connectivity index (χ2n) is 5.60. The molecule has 2 aromatic rings. The number of ether oxygens (including phenoxy) is 1. The van der Waals surface area contributed by atoms with Crippen LogP contribution in [-0.4, -0.2) is 38.9 Å². The number of halogens is 2. The van der Waals surface area contributed by atoms with E-state index in [4.69, 9.17) is 22.1 Å². The summed E-state index contributed by atoms with van der Waals surface area (Å²) in [5, 5.41) is 0.251. The fourth-order valence-corrected chi connectivity index (χ4v) is 4.27. The maximum atomic E-state index is 13.2. The minimum absolute atomic E-state index is 0. The van der Waals surface area contributed by atoms with Gasteiger partial charge in [-0.2, -0.15) is 4.31 Å². The number of benzene rings is 2. The minimum Gasteiger partial charge on any atom is -0.465 e. The van der Waals surface area contributed by atoms with Gasteiger partial charge in [-0.1, -0.05) is 41.9 Å². The van der Waals surface area contributed by atoms with Crippen molar-refractivity contribution in [2.75, 3.05) is 20.2 Å². The van der Waals surface area contributed by atoms with Gasteiger partial charge >= 0.3 is 5.97 Å². The third-order valence-corrected chi connectivity index (χ3v) is 5.92. The fraction of sp³-hybridized carbons (Fsp3) is 0.278. The Balaban J connectivity index is 0.00000364. The van der Waals surface area contributed by atoms with Crippen molar-refractivity contribution in [3.05, 3.63) is 64.7 Å². The summed E-state index contributed by atoms with van der Waals surface area (Å²) >= 11 is 5.93. The number of carbonyl (C=O) groups is 1. The van der Waals surface area contributed by atoms with Crippen molar-refractivity contribution in [3.63, 3.8) is 0 Å². The summed E-state index contributed by atoms with van der Waals surface area (Å²) in [6, 6.07) is 13.3. The Morgan fingerprint density at radius 2 is 1.85 bits per heavy atom.